The maximum absolute atomic E-state index is 13.8. The molecule has 1 atom stereocenters. The summed E-state index contributed by atoms with van der Waals surface area (Å²) in [6.45, 7) is 3.87. The van der Waals surface area contributed by atoms with Crippen LogP contribution in [0.4, 0.5) is 0 Å². The predicted octanol–water partition coefficient (Wildman–Crippen LogP) is 4.90. The summed E-state index contributed by atoms with van der Waals surface area (Å²) in [6, 6.07) is 17.0. The third-order valence-corrected chi connectivity index (χ3v) is 9.10. The van der Waals surface area contributed by atoms with Crippen molar-refractivity contribution in [1.82, 2.24) is 14.5 Å². The lowest BCUT2D eigenvalue weighted by Gasteiger charge is -2.23. The van der Waals surface area contributed by atoms with E-state index in [1.54, 1.807) is 36.5 Å². The molecule has 0 unspecified atom stereocenters. The first kappa shape index (κ1) is 26.3. The molecule has 0 radical (unpaired) electrons. The lowest BCUT2D eigenvalue weighted by molar-refractivity contribution is 0.361. The largest absolute Gasteiger partial charge is 0.493 e. The van der Waals surface area contributed by atoms with E-state index in [-0.39, 0.29) is 4.90 Å². The monoisotopic (exact) mass is 540 g/mol. The van der Waals surface area contributed by atoms with Crippen molar-refractivity contribution in [3.63, 3.8) is 0 Å². The van der Waals surface area contributed by atoms with Gasteiger partial charge in [0.25, 0.3) is 5.56 Å². The molecule has 4 aromatic rings. The number of hydrogen-bond donors (Lipinski definition) is 1. The SMILES string of the molecule is CCCCc1nc(=O)c(S(=O)(=O)c2ccc(-c3cccnc3C)cc2)c(O)n1[C@H]1CCc2c(C#N)cccc21. The van der Waals surface area contributed by atoms with Crippen LogP contribution in [0.5, 0.6) is 5.88 Å². The van der Waals surface area contributed by atoms with E-state index in [1.807, 2.05) is 26.0 Å². The molecule has 0 aliphatic heterocycles. The zero-order chi connectivity index (χ0) is 27.7. The molecule has 1 aliphatic rings. The average Bonchev–Trinajstić information content (AvgIpc) is 3.36. The van der Waals surface area contributed by atoms with Gasteiger partial charge in [-0.1, -0.05) is 43.7 Å². The highest BCUT2D eigenvalue weighted by atomic mass is 32.2. The summed E-state index contributed by atoms with van der Waals surface area (Å²) in [6.07, 6.45) is 4.78. The molecule has 8 nitrogen and oxygen atoms in total. The van der Waals surface area contributed by atoms with Crippen LogP contribution in [0.15, 0.2) is 75.4 Å². The summed E-state index contributed by atoms with van der Waals surface area (Å²) < 4.78 is 29.0. The summed E-state index contributed by atoms with van der Waals surface area (Å²) in [7, 11) is -4.40. The van der Waals surface area contributed by atoms with Gasteiger partial charge in [-0.15, -0.1) is 0 Å². The van der Waals surface area contributed by atoms with Crippen LogP contribution in [-0.2, 0) is 22.7 Å². The van der Waals surface area contributed by atoms with Crippen molar-refractivity contribution >= 4 is 9.84 Å². The molecule has 0 spiro atoms. The quantitative estimate of drug-likeness (QED) is 0.353. The molecule has 0 saturated carbocycles. The predicted molar refractivity (Wildman–Crippen MR) is 146 cm³/mol. The molecule has 5 rings (SSSR count). The minimum atomic E-state index is -4.40. The number of nitriles is 1. The van der Waals surface area contributed by atoms with Crippen LogP contribution in [0.1, 0.15) is 60.4 Å². The minimum Gasteiger partial charge on any atom is -0.493 e. The fraction of sp³-hybridized carbons (Fsp3) is 0.267. The summed E-state index contributed by atoms with van der Waals surface area (Å²) in [5.41, 5.74) is 3.72. The Morgan fingerprint density at radius 1 is 1.13 bits per heavy atom. The van der Waals surface area contributed by atoms with E-state index in [0.717, 1.165) is 34.4 Å². The standard InChI is InChI=1S/C30H28N4O4S/c1-3-4-10-27-33-29(35)28(30(36)34(27)26-16-15-24-21(18-31)7-5-8-25(24)26)39(37,38)22-13-11-20(12-14-22)23-9-6-17-32-19(23)2/h5-9,11-14,17,26,36H,3-4,10,15-16H2,1-2H3/t26-/m0/s1. The van der Waals surface area contributed by atoms with E-state index < -0.39 is 32.2 Å². The van der Waals surface area contributed by atoms with Crippen LogP contribution in [0.25, 0.3) is 11.1 Å². The van der Waals surface area contributed by atoms with Crippen molar-refractivity contribution in [3.05, 3.63) is 99.4 Å². The number of hydrogen-bond acceptors (Lipinski definition) is 7. The molecular weight excluding hydrogens is 512 g/mol. The second-order valence-electron chi connectivity index (χ2n) is 9.66. The fourth-order valence-corrected chi connectivity index (χ4v) is 6.69. The molecule has 0 fully saturated rings. The van der Waals surface area contributed by atoms with Gasteiger partial charge in [-0.25, -0.2) is 8.42 Å². The molecule has 2 aromatic heterocycles. The first-order valence-electron chi connectivity index (χ1n) is 12.9. The van der Waals surface area contributed by atoms with Crippen molar-refractivity contribution in [1.29, 1.82) is 5.26 Å². The van der Waals surface area contributed by atoms with Gasteiger partial charge in [0.1, 0.15) is 5.82 Å². The van der Waals surface area contributed by atoms with Gasteiger partial charge in [-0.3, -0.25) is 14.3 Å². The number of rotatable bonds is 7. The Balaban J connectivity index is 1.64. The summed E-state index contributed by atoms with van der Waals surface area (Å²) in [5.74, 6) is -0.283. The van der Waals surface area contributed by atoms with Gasteiger partial charge in [0, 0.05) is 23.9 Å². The van der Waals surface area contributed by atoms with Crippen LogP contribution in [0.3, 0.4) is 0 Å². The number of nitrogens with zero attached hydrogens (tertiary/aromatic N) is 4. The zero-order valence-corrected chi connectivity index (χ0v) is 22.6. The van der Waals surface area contributed by atoms with E-state index >= 15 is 0 Å². The molecule has 1 aliphatic carbocycles. The zero-order valence-electron chi connectivity index (χ0n) is 21.8. The first-order chi connectivity index (χ1) is 18.8. The molecule has 9 heteroatoms. The number of aromatic nitrogens is 3. The van der Waals surface area contributed by atoms with Crippen molar-refractivity contribution in [2.24, 2.45) is 0 Å². The Morgan fingerprint density at radius 3 is 2.59 bits per heavy atom. The van der Waals surface area contributed by atoms with E-state index in [4.69, 9.17) is 0 Å². The maximum Gasteiger partial charge on any atom is 0.296 e. The number of aryl methyl sites for hydroxylation is 2. The average molecular weight is 541 g/mol. The highest BCUT2D eigenvalue weighted by Gasteiger charge is 2.34. The van der Waals surface area contributed by atoms with Gasteiger partial charge in [0.05, 0.1) is 22.6 Å². The van der Waals surface area contributed by atoms with Crippen molar-refractivity contribution in [2.45, 2.75) is 61.8 Å². The number of benzene rings is 2. The fourth-order valence-electron chi connectivity index (χ4n) is 5.35. The van der Waals surface area contributed by atoms with E-state index in [2.05, 4.69) is 16.0 Å². The van der Waals surface area contributed by atoms with Crippen molar-refractivity contribution < 1.29 is 13.5 Å². The molecule has 1 N–H and O–H groups in total. The van der Waals surface area contributed by atoms with Crippen LogP contribution < -0.4 is 5.56 Å². The molecule has 198 valence electrons. The normalized spacial score (nSPS) is 14.6. The number of pyridine rings is 1. The minimum absolute atomic E-state index is 0.117. The van der Waals surface area contributed by atoms with Gasteiger partial charge < -0.3 is 5.11 Å². The lowest BCUT2D eigenvalue weighted by Crippen LogP contribution is -2.27. The Kier molecular flexibility index (Phi) is 7.06. The highest BCUT2D eigenvalue weighted by Crippen LogP contribution is 2.40. The number of sulfone groups is 1. The summed E-state index contributed by atoms with van der Waals surface area (Å²) in [4.78, 5) is 20.8. The Bertz CT molecular complexity index is 1770. The second-order valence-corrected chi connectivity index (χ2v) is 11.5. The van der Waals surface area contributed by atoms with Gasteiger partial charge in [-0.2, -0.15) is 10.2 Å². The van der Waals surface area contributed by atoms with Crippen molar-refractivity contribution in [2.75, 3.05) is 0 Å². The topological polar surface area (TPSA) is 126 Å². The Labute approximate surface area is 227 Å². The second kappa shape index (κ2) is 10.5. The smallest absolute Gasteiger partial charge is 0.296 e. The Morgan fingerprint density at radius 2 is 1.90 bits per heavy atom. The summed E-state index contributed by atoms with van der Waals surface area (Å²) in [5, 5.41) is 21.1. The van der Waals surface area contributed by atoms with Gasteiger partial charge in [0.2, 0.25) is 15.7 Å². The lowest BCUT2D eigenvalue weighted by atomic mass is 10.0. The molecule has 2 heterocycles. The van der Waals surface area contributed by atoms with Crippen LogP contribution >= 0.6 is 0 Å². The molecule has 0 amide bonds. The van der Waals surface area contributed by atoms with Crippen LogP contribution in [0.2, 0.25) is 0 Å². The summed E-state index contributed by atoms with van der Waals surface area (Å²) >= 11 is 0. The van der Waals surface area contributed by atoms with Gasteiger partial charge >= 0.3 is 0 Å². The first-order valence-corrected chi connectivity index (χ1v) is 14.4. The third kappa shape index (κ3) is 4.61. The van der Waals surface area contributed by atoms with E-state index in [9.17, 15) is 23.6 Å². The molecule has 0 bridgehead atoms. The van der Waals surface area contributed by atoms with E-state index in [1.165, 1.54) is 16.7 Å². The maximum atomic E-state index is 13.8. The molecular formula is C30H28N4O4S. The van der Waals surface area contributed by atoms with Gasteiger partial charge in [-0.05, 0) is 67.1 Å². The van der Waals surface area contributed by atoms with Gasteiger partial charge in [0.15, 0.2) is 4.90 Å². The number of unbranched alkanes of at least 4 members (excludes halogenated alkanes) is 1. The highest BCUT2D eigenvalue weighted by molar-refractivity contribution is 7.91. The molecule has 39 heavy (non-hydrogen) atoms. The molecule has 0 saturated heterocycles. The van der Waals surface area contributed by atoms with Crippen LogP contribution in [0, 0.1) is 18.3 Å². The van der Waals surface area contributed by atoms with Crippen molar-refractivity contribution in [3.8, 4) is 23.1 Å². The third-order valence-electron chi connectivity index (χ3n) is 7.31. The van der Waals surface area contributed by atoms with E-state index in [0.29, 0.717) is 37.1 Å². The molecule has 2 aromatic carbocycles. The van der Waals surface area contributed by atoms with Crippen LogP contribution in [-0.4, -0.2) is 28.1 Å². The Hall–Kier alpha value is -4.29. The number of fused-ring (bicyclic) bond motifs is 1. The number of aromatic hydroxyl groups is 1.